The van der Waals surface area contributed by atoms with E-state index in [1.807, 2.05) is 30.3 Å². The molecule has 4 rings (SSSR count). The van der Waals surface area contributed by atoms with E-state index in [1.165, 1.54) is 0 Å². The van der Waals surface area contributed by atoms with Crippen LogP contribution in [0.25, 0.3) is 5.52 Å². The lowest BCUT2D eigenvalue weighted by atomic mass is 10.0. The minimum absolute atomic E-state index is 0.0998. The van der Waals surface area contributed by atoms with Crippen molar-refractivity contribution >= 4 is 34.0 Å². The number of aliphatic hydroxyl groups excluding tert-OH is 1. The summed E-state index contributed by atoms with van der Waals surface area (Å²) in [6.07, 6.45) is 5.12. The molecule has 2 aromatic heterocycles. The minimum atomic E-state index is -0.136. The molecule has 1 aliphatic rings. The highest BCUT2D eigenvalue weighted by Gasteiger charge is 2.19. The van der Waals surface area contributed by atoms with Crippen LogP contribution < -0.4 is 20.7 Å². The molecule has 0 saturated heterocycles. The first-order chi connectivity index (χ1) is 16.9. The molecule has 0 aliphatic heterocycles. The predicted octanol–water partition coefficient (Wildman–Crippen LogP) is 3.88. The summed E-state index contributed by atoms with van der Waals surface area (Å²) >= 11 is 0. The van der Waals surface area contributed by atoms with Crippen LogP contribution in [0.2, 0.25) is 0 Å². The number of nitrogens with one attached hydrogen (secondary N) is 2. The number of allylic oxidation sites excluding steroid dienone is 2. The Balaban J connectivity index is 1.65. The number of nitrogens with two attached hydrogens (primary N) is 1. The average molecular weight is 474 g/mol. The molecule has 0 unspecified atom stereocenters. The van der Waals surface area contributed by atoms with E-state index < -0.39 is 0 Å². The Hall–Kier alpha value is -4.11. The monoisotopic (exact) mass is 473 g/mol. The molecule has 35 heavy (non-hydrogen) atoms. The quantitative estimate of drug-likeness (QED) is 0.350. The maximum Gasteiger partial charge on any atom is 0.260 e. The third kappa shape index (κ3) is 5.20. The van der Waals surface area contributed by atoms with Crippen molar-refractivity contribution in [2.24, 2.45) is 10.7 Å². The van der Waals surface area contributed by atoms with Gasteiger partial charge in [0.05, 0.1) is 34.9 Å². The van der Waals surface area contributed by atoms with Gasteiger partial charge < -0.3 is 25.8 Å². The Morgan fingerprint density at radius 1 is 1.20 bits per heavy atom. The first-order valence-corrected chi connectivity index (χ1v) is 11.6. The van der Waals surface area contributed by atoms with Crippen LogP contribution in [-0.2, 0) is 0 Å². The van der Waals surface area contributed by atoms with Crippen LogP contribution in [-0.4, -0.2) is 51.9 Å². The summed E-state index contributed by atoms with van der Waals surface area (Å²) in [4.78, 5) is 7.06. The van der Waals surface area contributed by atoms with Crippen LogP contribution in [0.5, 0.6) is 5.88 Å². The Labute approximate surface area is 204 Å². The van der Waals surface area contributed by atoms with E-state index in [0.29, 0.717) is 34.7 Å². The van der Waals surface area contributed by atoms with Crippen LogP contribution in [0, 0.1) is 5.41 Å². The zero-order valence-corrected chi connectivity index (χ0v) is 20.2. The first-order valence-electron chi connectivity index (χ1n) is 11.6. The molecule has 0 atom stereocenters. The molecule has 1 aromatic carbocycles. The molecule has 9 nitrogen and oxygen atoms in total. The van der Waals surface area contributed by atoms with Gasteiger partial charge in [-0.1, -0.05) is 6.07 Å². The van der Waals surface area contributed by atoms with Gasteiger partial charge in [-0.25, -0.2) is 9.51 Å². The van der Waals surface area contributed by atoms with Gasteiger partial charge in [0.1, 0.15) is 6.61 Å². The lowest BCUT2D eigenvalue weighted by Crippen LogP contribution is -2.30. The predicted molar refractivity (Wildman–Crippen MR) is 141 cm³/mol. The number of nitrogens with zero attached hydrogens (tertiary/aromatic N) is 4. The number of hydrogen-bond donors (Lipinski definition) is 4. The summed E-state index contributed by atoms with van der Waals surface area (Å²) < 4.78 is 7.28. The fraction of sp³-hybridized carbons (Fsp3) is 0.269. The normalized spacial score (nSPS) is 14.9. The van der Waals surface area contributed by atoms with Crippen LogP contribution in [0.1, 0.15) is 20.8 Å². The topological polar surface area (TPSA) is 124 Å². The van der Waals surface area contributed by atoms with Gasteiger partial charge in [-0.2, -0.15) is 0 Å². The van der Waals surface area contributed by atoms with E-state index in [4.69, 9.17) is 20.9 Å². The van der Waals surface area contributed by atoms with Gasteiger partial charge in [-0.15, -0.1) is 5.10 Å². The lowest BCUT2D eigenvalue weighted by molar-refractivity contribution is 0.197. The second-order valence-corrected chi connectivity index (χ2v) is 8.38. The van der Waals surface area contributed by atoms with Crippen LogP contribution >= 0.6 is 0 Å². The van der Waals surface area contributed by atoms with Gasteiger partial charge in [0.25, 0.3) is 5.88 Å². The van der Waals surface area contributed by atoms with E-state index in [0.717, 1.165) is 23.4 Å². The molecule has 3 aromatic rings. The number of rotatable bonds is 9. The van der Waals surface area contributed by atoms with Crippen LogP contribution in [0.4, 0.5) is 17.1 Å². The Kier molecular flexibility index (Phi) is 7.17. The molecule has 5 N–H and O–H groups in total. The van der Waals surface area contributed by atoms with Gasteiger partial charge >= 0.3 is 0 Å². The third-order valence-electron chi connectivity index (χ3n) is 5.65. The minimum Gasteiger partial charge on any atom is -0.473 e. The summed E-state index contributed by atoms with van der Waals surface area (Å²) in [5, 5.41) is 25.3. The largest absolute Gasteiger partial charge is 0.473 e. The Bertz CT molecular complexity index is 1300. The van der Waals surface area contributed by atoms with Crippen molar-refractivity contribution in [2.75, 3.05) is 30.0 Å². The fourth-order valence-corrected chi connectivity index (χ4v) is 3.97. The molecular formula is C26H31N7O2. The standard InChI is InChI=1S/C26H31N7O2/c1-4-32(17(2)3)19-10-8-18(9-11-19)29-22-16-23(21(28)15-20(22)27)30-25-24-7-5-6-12-33(24)31-26(25)35-14-13-34/h5-12,15-17,27,29,34H,4,13-14,28H2,1-3H3/b27-20?,30-23-. The number of aliphatic hydroxyl groups is 1. The number of aliphatic imine (C=N–C) groups is 1. The highest BCUT2D eigenvalue weighted by atomic mass is 16.5. The number of fused-ring (bicyclic) bond motifs is 1. The van der Waals surface area contributed by atoms with E-state index >= 15 is 0 Å². The van der Waals surface area contributed by atoms with Gasteiger partial charge in [0.2, 0.25) is 0 Å². The second-order valence-electron chi connectivity index (χ2n) is 8.38. The van der Waals surface area contributed by atoms with Crippen molar-refractivity contribution in [2.45, 2.75) is 26.8 Å². The van der Waals surface area contributed by atoms with Gasteiger partial charge in [-0.05, 0) is 69.3 Å². The summed E-state index contributed by atoms with van der Waals surface area (Å²) in [6, 6.07) is 14.2. The Morgan fingerprint density at radius 2 is 1.97 bits per heavy atom. The molecule has 182 valence electrons. The molecule has 2 heterocycles. The molecule has 0 saturated carbocycles. The zero-order chi connectivity index (χ0) is 24.9. The highest BCUT2D eigenvalue weighted by Crippen LogP contribution is 2.33. The number of benzene rings is 1. The van der Waals surface area contributed by atoms with Crippen LogP contribution in [0.3, 0.4) is 0 Å². The van der Waals surface area contributed by atoms with E-state index in [9.17, 15) is 5.11 Å². The second kappa shape index (κ2) is 10.4. The highest BCUT2D eigenvalue weighted by molar-refractivity contribution is 6.24. The van der Waals surface area contributed by atoms with E-state index in [2.05, 4.69) is 48.2 Å². The van der Waals surface area contributed by atoms with E-state index in [-0.39, 0.29) is 18.9 Å². The SMILES string of the molecule is CCN(c1ccc(NC2=C/C(=N/c3c(OCCO)nn4ccccc34)C(N)=CC2=N)cc1)C(C)C. The van der Waals surface area contributed by atoms with Crippen molar-refractivity contribution in [1.29, 1.82) is 5.41 Å². The molecule has 0 spiro atoms. The molecule has 0 amide bonds. The molecule has 0 bridgehead atoms. The van der Waals surface area contributed by atoms with Crippen molar-refractivity contribution in [3.8, 4) is 5.88 Å². The smallest absolute Gasteiger partial charge is 0.260 e. The van der Waals surface area contributed by atoms with Crippen molar-refractivity contribution in [3.63, 3.8) is 0 Å². The molecule has 0 radical (unpaired) electrons. The number of pyridine rings is 1. The Morgan fingerprint density at radius 3 is 2.66 bits per heavy atom. The van der Waals surface area contributed by atoms with Gasteiger partial charge in [0, 0.05) is 30.2 Å². The summed E-state index contributed by atoms with van der Waals surface area (Å²) in [6.45, 7) is 7.38. The van der Waals surface area contributed by atoms with Gasteiger partial charge in [-0.3, -0.25) is 5.41 Å². The van der Waals surface area contributed by atoms with E-state index in [1.54, 1.807) is 22.9 Å². The first kappa shape index (κ1) is 24.0. The van der Waals surface area contributed by atoms with Crippen molar-refractivity contribution in [1.82, 2.24) is 9.61 Å². The average Bonchev–Trinajstić information content (AvgIpc) is 3.19. The molecule has 0 fully saturated rings. The van der Waals surface area contributed by atoms with Crippen molar-refractivity contribution < 1.29 is 9.84 Å². The lowest BCUT2D eigenvalue weighted by Gasteiger charge is -2.27. The fourth-order valence-electron chi connectivity index (χ4n) is 3.97. The van der Waals surface area contributed by atoms with Crippen molar-refractivity contribution in [3.05, 3.63) is 72.2 Å². The van der Waals surface area contributed by atoms with Crippen LogP contribution in [0.15, 0.2) is 77.2 Å². The molecule has 1 aliphatic carbocycles. The molecule has 9 heteroatoms. The summed E-state index contributed by atoms with van der Waals surface area (Å²) in [7, 11) is 0. The summed E-state index contributed by atoms with van der Waals surface area (Å²) in [5.41, 5.74) is 11.2. The maximum atomic E-state index is 9.18. The maximum absolute atomic E-state index is 9.18. The summed E-state index contributed by atoms with van der Waals surface area (Å²) in [5.74, 6) is 0.301. The number of anilines is 2. The third-order valence-corrected chi connectivity index (χ3v) is 5.65. The number of hydrogen-bond acceptors (Lipinski definition) is 8. The van der Waals surface area contributed by atoms with Gasteiger partial charge in [0.15, 0.2) is 5.69 Å². The zero-order valence-electron chi connectivity index (χ0n) is 20.2. The number of aromatic nitrogens is 2. The molecular weight excluding hydrogens is 442 g/mol. The number of ether oxygens (including phenoxy) is 1.